The fourth-order valence-electron chi connectivity index (χ4n) is 4.03. The molecule has 1 saturated heterocycles. The largest absolute Gasteiger partial charge is 0.376 e. The number of ether oxygens (including phenoxy) is 1. The van der Waals surface area contributed by atoms with E-state index in [1.165, 1.54) is 38.8 Å². The Kier molecular flexibility index (Phi) is 5.67. The Hall–Kier alpha value is -0.120. The second-order valence-corrected chi connectivity index (χ2v) is 6.90. The van der Waals surface area contributed by atoms with Crippen molar-refractivity contribution >= 4 is 0 Å². The summed E-state index contributed by atoms with van der Waals surface area (Å²) in [5, 5.41) is 3.62. The molecule has 19 heavy (non-hydrogen) atoms. The van der Waals surface area contributed by atoms with Crippen molar-refractivity contribution in [1.29, 1.82) is 0 Å². The first-order valence-corrected chi connectivity index (χ1v) is 8.18. The monoisotopic (exact) mass is 268 g/mol. The molecule has 3 atom stereocenters. The molecule has 0 bridgehead atoms. The maximum atomic E-state index is 5.68. The van der Waals surface area contributed by atoms with Crippen LogP contribution in [-0.4, -0.2) is 50.3 Å². The van der Waals surface area contributed by atoms with E-state index in [4.69, 9.17) is 4.74 Å². The van der Waals surface area contributed by atoms with E-state index in [1.807, 2.05) is 0 Å². The summed E-state index contributed by atoms with van der Waals surface area (Å²) < 4.78 is 5.68. The third kappa shape index (κ3) is 4.44. The van der Waals surface area contributed by atoms with Gasteiger partial charge in [-0.15, -0.1) is 0 Å². The number of hydrogen-bond donors (Lipinski definition) is 1. The molecule has 0 aromatic carbocycles. The molecule has 1 saturated carbocycles. The lowest BCUT2D eigenvalue weighted by atomic mass is 9.69. The summed E-state index contributed by atoms with van der Waals surface area (Å²) >= 11 is 0. The highest BCUT2D eigenvalue weighted by atomic mass is 16.5. The molecule has 2 rings (SSSR count). The fourth-order valence-corrected chi connectivity index (χ4v) is 4.03. The Balaban J connectivity index is 1.96. The van der Waals surface area contributed by atoms with E-state index < -0.39 is 0 Å². The third-order valence-corrected chi connectivity index (χ3v) is 4.82. The van der Waals surface area contributed by atoms with Gasteiger partial charge in [-0.05, 0) is 37.6 Å². The van der Waals surface area contributed by atoms with Crippen LogP contribution in [0, 0.1) is 11.3 Å². The predicted molar refractivity (Wildman–Crippen MR) is 80.5 cm³/mol. The summed E-state index contributed by atoms with van der Waals surface area (Å²) in [5.41, 5.74) is 0.505. The Labute approximate surface area is 119 Å². The Morgan fingerprint density at radius 1 is 1.37 bits per heavy atom. The summed E-state index contributed by atoms with van der Waals surface area (Å²) in [7, 11) is 0. The molecule has 0 aromatic rings. The third-order valence-electron chi connectivity index (χ3n) is 4.82. The highest BCUT2D eigenvalue weighted by molar-refractivity contribution is 4.90. The van der Waals surface area contributed by atoms with Crippen LogP contribution in [0.2, 0.25) is 0 Å². The van der Waals surface area contributed by atoms with Crippen molar-refractivity contribution < 1.29 is 4.74 Å². The molecule has 112 valence electrons. The normalized spacial score (nSPS) is 37.4. The summed E-state index contributed by atoms with van der Waals surface area (Å²) in [5.74, 6) is 0.894. The zero-order chi connectivity index (χ0) is 13.7. The molecule has 2 aliphatic rings. The van der Waals surface area contributed by atoms with Crippen LogP contribution in [0.25, 0.3) is 0 Å². The van der Waals surface area contributed by atoms with Gasteiger partial charge in [0.25, 0.3) is 0 Å². The van der Waals surface area contributed by atoms with Crippen molar-refractivity contribution in [3.63, 3.8) is 0 Å². The molecule has 0 spiro atoms. The first-order valence-electron chi connectivity index (χ1n) is 8.18. The molecular formula is C16H32N2O. The van der Waals surface area contributed by atoms with Gasteiger partial charge in [0.1, 0.15) is 0 Å². The number of hydrogen-bond acceptors (Lipinski definition) is 3. The van der Waals surface area contributed by atoms with Crippen LogP contribution in [0.5, 0.6) is 0 Å². The molecule has 3 nitrogen and oxygen atoms in total. The van der Waals surface area contributed by atoms with Crippen LogP contribution in [0.3, 0.4) is 0 Å². The molecule has 1 aliphatic carbocycles. The maximum Gasteiger partial charge on any atom is 0.0674 e. The molecule has 0 aromatic heterocycles. The highest BCUT2D eigenvalue weighted by Gasteiger charge is 2.36. The van der Waals surface area contributed by atoms with Crippen molar-refractivity contribution in [2.45, 2.75) is 52.6 Å². The van der Waals surface area contributed by atoms with Gasteiger partial charge < -0.3 is 10.1 Å². The Morgan fingerprint density at radius 3 is 2.89 bits per heavy atom. The summed E-state index contributed by atoms with van der Waals surface area (Å²) in [6.45, 7) is 13.5. The Morgan fingerprint density at radius 2 is 2.21 bits per heavy atom. The van der Waals surface area contributed by atoms with Crippen LogP contribution in [0.1, 0.15) is 46.5 Å². The van der Waals surface area contributed by atoms with E-state index in [-0.39, 0.29) is 0 Å². The molecular weight excluding hydrogens is 236 g/mol. The first-order chi connectivity index (χ1) is 9.13. The zero-order valence-electron chi connectivity index (χ0n) is 13.1. The molecule has 1 heterocycles. The van der Waals surface area contributed by atoms with Gasteiger partial charge in [-0.2, -0.15) is 0 Å². The molecule has 0 radical (unpaired) electrons. The van der Waals surface area contributed by atoms with E-state index in [2.05, 4.69) is 31.0 Å². The van der Waals surface area contributed by atoms with Crippen molar-refractivity contribution in [2.24, 2.45) is 11.3 Å². The SMILES string of the molecule is CCNCC1(CN2CCOC(C)C2)CCCC(C)C1. The van der Waals surface area contributed by atoms with E-state index in [0.29, 0.717) is 11.5 Å². The quantitative estimate of drug-likeness (QED) is 0.829. The van der Waals surface area contributed by atoms with Crippen molar-refractivity contribution in [3.8, 4) is 0 Å². The van der Waals surface area contributed by atoms with Gasteiger partial charge in [0.15, 0.2) is 0 Å². The number of nitrogens with one attached hydrogen (secondary N) is 1. The maximum absolute atomic E-state index is 5.68. The standard InChI is InChI=1S/C16H32N2O/c1-4-17-12-16(7-5-6-14(2)10-16)13-18-8-9-19-15(3)11-18/h14-15,17H,4-13H2,1-3H3. The number of rotatable bonds is 5. The number of nitrogens with zero attached hydrogens (tertiary/aromatic N) is 1. The van der Waals surface area contributed by atoms with E-state index in [9.17, 15) is 0 Å². The second-order valence-electron chi connectivity index (χ2n) is 6.90. The molecule has 0 amide bonds. The summed E-state index contributed by atoms with van der Waals surface area (Å²) in [4.78, 5) is 2.64. The first kappa shape index (κ1) is 15.3. The van der Waals surface area contributed by atoms with Crippen LogP contribution in [-0.2, 0) is 4.74 Å². The van der Waals surface area contributed by atoms with Gasteiger partial charge in [0.05, 0.1) is 12.7 Å². The van der Waals surface area contributed by atoms with E-state index in [0.717, 1.165) is 32.2 Å². The average molecular weight is 268 g/mol. The van der Waals surface area contributed by atoms with Gasteiger partial charge in [-0.3, -0.25) is 4.90 Å². The molecule has 1 N–H and O–H groups in total. The van der Waals surface area contributed by atoms with Crippen molar-refractivity contribution in [2.75, 3.05) is 39.3 Å². The number of morpholine rings is 1. The lowest BCUT2D eigenvalue weighted by Gasteiger charge is -2.45. The minimum Gasteiger partial charge on any atom is -0.376 e. The predicted octanol–water partition coefficient (Wildman–Crippen LogP) is 2.51. The van der Waals surface area contributed by atoms with Gasteiger partial charge in [0.2, 0.25) is 0 Å². The smallest absolute Gasteiger partial charge is 0.0674 e. The molecule has 3 unspecified atom stereocenters. The summed E-state index contributed by atoms with van der Waals surface area (Å²) in [6, 6.07) is 0. The minimum atomic E-state index is 0.408. The fraction of sp³-hybridized carbons (Fsp3) is 1.00. The second kappa shape index (κ2) is 7.05. The molecule has 1 aliphatic heterocycles. The topological polar surface area (TPSA) is 24.5 Å². The zero-order valence-corrected chi connectivity index (χ0v) is 13.1. The van der Waals surface area contributed by atoms with Crippen molar-refractivity contribution in [3.05, 3.63) is 0 Å². The Bertz CT molecular complexity index is 271. The van der Waals surface area contributed by atoms with Gasteiger partial charge in [-0.1, -0.05) is 26.7 Å². The highest BCUT2D eigenvalue weighted by Crippen LogP contribution is 2.39. The van der Waals surface area contributed by atoms with Crippen LogP contribution in [0.15, 0.2) is 0 Å². The van der Waals surface area contributed by atoms with Gasteiger partial charge in [0, 0.05) is 26.2 Å². The van der Waals surface area contributed by atoms with E-state index in [1.54, 1.807) is 0 Å². The molecule has 3 heteroatoms. The lowest BCUT2D eigenvalue weighted by molar-refractivity contribution is -0.0394. The van der Waals surface area contributed by atoms with Crippen LogP contribution >= 0.6 is 0 Å². The van der Waals surface area contributed by atoms with E-state index >= 15 is 0 Å². The average Bonchev–Trinajstić information content (AvgIpc) is 2.36. The lowest BCUT2D eigenvalue weighted by Crippen LogP contribution is -2.51. The molecule has 2 fully saturated rings. The van der Waals surface area contributed by atoms with Gasteiger partial charge >= 0.3 is 0 Å². The van der Waals surface area contributed by atoms with Gasteiger partial charge in [-0.25, -0.2) is 0 Å². The van der Waals surface area contributed by atoms with Crippen LogP contribution in [0.4, 0.5) is 0 Å². The minimum absolute atomic E-state index is 0.408. The summed E-state index contributed by atoms with van der Waals surface area (Å²) in [6.07, 6.45) is 6.03. The van der Waals surface area contributed by atoms with Crippen LogP contribution < -0.4 is 5.32 Å². The van der Waals surface area contributed by atoms with Crippen molar-refractivity contribution in [1.82, 2.24) is 10.2 Å².